The topological polar surface area (TPSA) is 15.3 Å². The lowest BCUT2D eigenvalue weighted by Crippen LogP contribution is -2.41. The maximum atomic E-state index is 5.43. The van der Waals surface area contributed by atoms with Crippen molar-refractivity contribution in [1.82, 2.24) is 10.2 Å². The van der Waals surface area contributed by atoms with Crippen molar-refractivity contribution in [2.24, 2.45) is 0 Å². The fraction of sp³-hybridized carbons (Fsp3) is 0.533. The summed E-state index contributed by atoms with van der Waals surface area (Å²) < 4.78 is 0. The van der Waals surface area contributed by atoms with Gasteiger partial charge in [-0.15, -0.1) is 0 Å². The summed E-state index contributed by atoms with van der Waals surface area (Å²) in [5, 5.41) is 4.23. The number of nitrogens with one attached hydrogen (secondary N) is 1. The number of hydrogen-bond acceptors (Lipinski definition) is 1. The lowest BCUT2D eigenvalue weighted by Gasteiger charge is -2.22. The molecule has 2 rings (SSSR count). The van der Waals surface area contributed by atoms with Crippen LogP contribution in [-0.2, 0) is 0 Å². The second kappa shape index (κ2) is 5.70. The van der Waals surface area contributed by atoms with Gasteiger partial charge < -0.3 is 10.2 Å². The molecular formula is C15H22N2S. The first-order chi connectivity index (χ1) is 8.56. The van der Waals surface area contributed by atoms with E-state index in [4.69, 9.17) is 12.2 Å². The van der Waals surface area contributed by atoms with Crippen LogP contribution in [0.3, 0.4) is 0 Å². The van der Waals surface area contributed by atoms with Crippen LogP contribution in [0.15, 0.2) is 24.3 Å². The average molecular weight is 262 g/mol. The Morgan fingerprint density at radius 3 is 2.61 bits per heavy atom. The van der Waals surface area contributed by atoms with Crippen molar-refractivity contribution in [3.63, 3.8) is 0 Å². The first-order valence-corrected chi connectivity index (χ1v) is 7.09. The SMILES string of the molecule is Cc1ccc([C@H]2CCN(C(=S)NC(C)C)C2)cc1. The molecule has 1 aromatic carbocycles. The number of likely N-dealkylation sites (tertiary alicyclic amines) is 1. The van der Waals surface area contributed by atoms with Crippen molar-refractivity contribution in [1.29, 1.82) is 0 Å². The average Bonchev–Trinajstić information content (AvgIpc) is 2.78. The highest BCUT2D eigenvalue weighted by Gasteiger charge is 2.25. The van der Waals surface area contributed by atoms with Gasteiger partial charge in [0.1, 0.15) is 0 Å². The zero-order valence-corrected chi connectivity index (χ0v) is 12.3. The predicted molar refractivity (Wildman–Crippen MR) is 81.0 cm³/mol. The summed E-state index contributed by atoms with van der Waals surface area (Å²) in [6.45, 7) is 8.49. The molecule has 1 aliphatic heterocycles. The number of nitrogens with zero attached hydrogens (tertiary/aromatic N) is 1. The van der Waals surface area contributed by atoms with Crippen LogP contribution in [0, 0.1) is 6.92 Å². The van der Waals surface area contributed by atoms with E-state index < -0.39 is 0 Å². The minimum absolute atomic E-state index is 0.413. The van der Waals surface area contributed by atoms with Gasteiger partial charge in [0.2, 0.25) is 0 Å². The lowest BCUT2D eigenvalue weighted by atomic mass is 9.98. The highest BCUT2D eigenvalue weighted by molar-refractivity contribution is 7.80. The molecule has 0 radical (unpaired) electrons. The molecule has 0 saturated carbocycles. The Hall–Kier alpha value is -1.09. The van der Waals surface area contributed by atoms with Gasteiger partial charge in [-0.05, 0) is 45.0 Å². The van der Waals surface area contributed by atoms with Crippen molar-refractivity contribution in [2.75, 3.05) is 13.1 Å². The first-order valence-electron chi connectivity index (χ1n) is 6.68. The fourth-order valence-corrected chi connectivity index (χ4v) is 2.80. The van der Waals surface area contributed by atoms with E-state index in [1.165, 1.54) is 17.5 Å². The van der Waals surface area contributed by atoms with E-state index in [1.54, 1.807) is 0 Å². The Kier molecular flexibility index (Phi) is 4.23. The molecule has 1 fully saturated rings. The number of rotatable bonds is 2. The molecule has 98 valence electrons. The van der Waals surface area contributed by atoms with Crippen LogP contribution in [0.5, 0.6) is 0 Å². The quantitative estimate of drug-likeness (QED) is 0.825. The van der Waals surface area contributed by atoms with Gasteiger partial charge in [0, 0.05) is 25.0 Å². The highest BCUT2D eigenvalue weighted by Crippen LogP contribution is 2.27. The van der Waals surface area contributed by atoms with E-state index in [-0.39, 0.29) is 0 Å². The molecule has 1 atom stereocenters. The van der Waals surface area contributed by atoms with E-state index in [0.29, 0.717) is 12.0 Å². The molecule has 0 aromatic heterocycles. The third-order valence-electron chi connectivity index (χ3n) is 3.44. The molecule has 1 N–H and O–H groups in total. The van der Waals surface area contributed by atoms with Crippen LogP contribution in [0.1, 0.15) is 37.3 Å². The van der Waals surface area contributed by atoms with Crippen molar-refractivity contribution in [2.45, 2.75) is 39.2 Å². The molecule has 3 heteroatoms. The maximum Gasteiger partial charge on any atom is 0.169 e. The van der Waals surface area contributed by atoms with Crippen LogP contribution in [0.2, 0.25) is 0 Å². The minimum Gasteiger partial charge on any atom is -0.360 e. The van der Waals surface area contributed by atoms with Gasteiger partial charge in [0.25, 0.3) is 0 Å². The van der Waals surface area contributed by atoms with Gasteiger partial charge in [0.15, 0.2) is 5.11 Å². The zero-order chi connectivity index (χ0) is 13.1. The van der Waals surface area contributed by atoms with Crippen LogP contribution in [0.4, 0.5) is 0 Å². The molecule has 0 bridgehead atoms. The Morgan fingerprint density at radius 1 is 1.33 bits per heavy atom. The molecule has 1 saturated heterocycles. The molecule has 2 nitrogen and oxygen atoms in total. The summed E-state index contributed by atoms with van der Waals surface area (Å²) >= 11 is 5.43. The van der Waals surface area contributed by atoms with Gasteiger partial charge >= 0.3 is 0 Å². The Balaban J connectivity index is 1.96. The minimum atomic E-state index is 0.413. The fourth-order valence-electron chi connectivity index (χ4n) is 2.39. The third kappa shape index (κ3) is 3.22. The lowest BCUT2D eigenvalue weighted by molar-refractivity contribution is 0.489. The molecule has 0 unspecified atom stereocenters. The maximum absolute atomic E-state index is 5.43. The molecule has 0 amide bonds. The van der Waals surface area contributed by atoms with Crippen molar-refractivity contribution in [3.05, 3.63) is 35.4 Å². The van der Waals surface area contributed by atoms with E-state index in [9.17, 15) is 0 Å². The van der Waals surface area contributed by atoms with Gasteiger partial charge in [0.05, 0.1) is 0 Å². The predicted octanol–water partition coefficient (Wildman–Crippen LogP) is 3.07. The van der Waals surface area contributed by atoms with Crippen LogP contribution >= 0.6 is 12.2 Å². The summed E-state index contributed by atoms with van der Waals surface area (Å²) in [5.74, 6) is 0.623. The summed E-state index contributed by atoms with van der Waals surface area (Å²) in [5.41, 5.74) is 2.76. The molecule has 0 spiro atoms. The number of benzene rings is 1. The molecule has 1 aliphatic rings. The van der Waals surface area contributed by atoms with Crippen LogP contribution in [-0.4, -0.2) is 29.1 Å². The molecule has 1 aromatic rings. The summed E-state index contributed by atoms with van der Waals surface area (Å²) in [4.78, 5) is 2.29. The Morgan fingerprint density at radius 2 is 2.00 bits per heavy atom. The van der Waals surface area contributed by atoms with Crippen molar-refractivity contribution < 1.29 is 0 Å². The van der Waals surface area contributed by atoms with E-state index in [0.717, 1.165) is 18.2 Å². The van der Waals surface area contributed by atoms with Gasteiger partial charge in [-0.25, -0.2) is 0 Å². The van der Waals surface area contributed by atoms with Gasteiger partial charge in [-0.1, -0.05) is 29.8 Å². The summed E-state index contributed by atoms with van der Waals surface area (Å²) in [6.07, 6.45) is 1.20. The highest BCUT2D eigenvalue weighted by atomic mass is 32.1. The Labute approximate surface area is 115 Å². The van der Waals surface area contributed by atoms with Crippen molar-refractivity contribution in [3.8, 4) is 0 Å². The standard InChI is InChI=1S/C15H22N2S/c1-11(2)16-15(18)17-9-8-14(10-17)13-6-4-12(3)5-7-13/h4-7,11,14H,8-10H2,1-3H3,(H,16,18)/t14-/m0/s1. The monoisotopic (exact) mass is 262 g/mol. The zero-order valence-electron chi connectivity index (χ0n) is 11.4. The summed E-state index contributed by atoms with van der Waals surface area (Å²) in [6, 6.07) is 9.31. The van der Waals surface area contributed by atoms with E-state index >= 15 is 0 Å². The van der Waals surface area contributed by atoms with Crippen LogP contribution < -0.4 is 5.32 Å². The smallest absolute Gasteiger partial charge is 0.169 e. The van der Waals surface area contributed by atoms with Gasteiger partial charge in [-0.2, -0.15) is 0 Å². The molecule has 0 aliphatic carbocycles. The van der Waals surface area contributed by atoms with E-state index in [2.05, 4.69) is 55.3 Å². The van der Waals surface area contributed by atoms with Gasteiger partial charge in [-0.3, -0.25) is 0 Å². The molecular weight excluding hydrogens is 240 g/mol. The third-order valence-corrected chi connectivity index (χ3v) is 3.81. The molecule has 1 heterocycles. The number of hydrogen-bond donors (Lipinski definition) is 1. The second-order valence-electron chi connectivity index (χ2n) is 5.45. The number of thiocarbonyl (C=S) groups is 1. The van der Waals surface area contributed by atoms with Crippen LogP contribution in [0.25, 0.3) is 0 Å². The largest absolute Gasteiger partial charge is 0.360 e. The number of aryl methyl sites for hydroxylation is 1. The normalized spacial score (nSPS) is 19.3. The molecule has 18 heavy (non-hydrogen) atoms. The Bertz CT molecular complexity index is 411. The summed E-state index contributed by atoms with van der Waals surface area (Å²) in [7, 11) is 0. The first kappa shape index (κ1) is 13.3. The van der Waals surface area contributed by atoms with Crippen molar-refractivity contribution >= 4 is 17.3 Å². The second-order valence-corrected chi connectivity index (χ2v) is 5.83. The van der Waals surface area contributed by atoms with E-state index in [1.807, 2.05) is 0 Å².